The van der Waals surface area contributed by atoms with Gasteiger partial charge in [-0.3, -0.25) is 4.98 Å². The van der Waals surface area contributed by atoms with Gasteiger partial charge in [0.1, 0.15) is 0 Å². The van der Waals surface area contributed by atoms with Crippen LogP contribution < -0.4 is 4.74 Å². The maximum atomic E-state index is 5.53. The molecule has 0 bridgehead atoms. The smallest absolute Gasteiger partial charge is 0.235 e. The molecule has 0 aliphatic heterocycles. The summed E-state index contributed by atoms with van der Waals surface area (Å²) in [6.45, 7) is 8.92. The lowest BCUT2D eigenvalue weighted by Gasteiger charge is -2.08. The summed E-state index contributed by atoms with van der Waals surface area (Å²) in [5.41, 5.74) is 1.80. The number of aryl methyl sites for hydroxylation is 2. The zero-order chi connectivity index (χ0) is 10.6. The monoisotopic (exact) mass is 194 g/mol. The summed E-state index contributed by atoms with van der Waals surface area (Å²) in [7, 11) is 0. The predicted octanol–water partition coefficient (Wildman–Crippen LogP) is 2.52. The Labute approximate surface area is 85.5 Å². The summed E-state index contributed by atoms with van der Waals surface area (Å²) in [4.78, 5) is 8.47. The van der Waals surface area contributed by atoms with E-state index in [9.17, 15) is 0 Å². The Balaban J connectivity index is 2.51. The van der Waals surface area contributed by atoms with Crippen molar-refractivity contribution in [2.75, 3.05) is 6.61 Å². The van der Waals surface area contributed by atoms with E-state index < -0.39 is 0 Å². The van der Waals surface area contributed by atoms with Gasteiger partial charge in [-0.05, 0) is 26.2 Å². The van der Waals surface area contributed by atoms with Crippen molar-refractivity contribution in [3.8, 4) is 5.88 Å². The van der Waals surface area contributed by atoms with Crippen molar-refractivity contribution in [1.82, 2.24) is 9.97 Å². The van der Waals surface area contributed by atoms with Crippen molar-refractivity contribution < 1.29 is 4.74 Å². The molecule has 1 aromatic heterocycles. The Kier molecular flexibility index (Phi) is 3.86. The normalized spacial score (nSPS) is 10.6. The highest BCUT2D eigenvalue weighted by Crippen LogP contribution is 2.12. The Morgan fingerprint density at radius 3 is 2.64 bits per heavy atom. The lowest BCUT2D eigenvalue weighted by atomic mass is 10.1. The number of hydrogen-bond acceptors (Lipinski definition) is 3. The molecule has 0 saturated carbocycles. The van der Waals surface area contributed by atoms with Crippen LogP contribution in [0.25, 0.3) is 0 Å². The average Bonchev–Trinajstić information content (AvgIpc) is 2.08. The maximum absolute atomic E-state index is 5.53. The number of nitrogens with zero attached hydrogens (tertiary/aromatic N) is 2. The molecule has 78 valence electrons. The van der Waals surface area contributed by atoms with E-state index in [1.807, 2.05) is 13.8 Å². The van der Waals surface area contributed by atoms with Crippen LogP contribution in [0.1, 0.15) is 31.7 Å². The summed E-state index contributed by atoms with van der Waals surface area (Å²) in [6.07, 6.45) is 2.78. The fourth-order valence-corrected chi connectivity index (χ4v) is 1.12. The number of rotatable bonds is 4. The highest BCUT2D eigenvalue weighted by molar-refractivity contribution is 5.17. The van der Waals surface area contributed by atoms with Gasteiger partial charge in [0, 0.05) is 0 Å². The van der Waals surface area contributed by atoms with Crippen LogP contribution >= 0.6 is 0 Å². The van der Waals surface area contributed by atoms with Gasteiger partial charge in [0.2, 0.25) is 5.88 Å². The summed E-state index contributed by atoms with van der Waals surface area (Å²) >= 11 is 0. The third kappa shape index (κ3) is 3.32. The highest BCUT2D eigenvalue weighted by atomic mass is 16.5. The van der Waals surface area contributed by atoms with Gasteiger partial charge in [0.05, 0.1) is 24.2 Å². The lowest BCUT2D eigenvalue weighted by molar-refractivity contribution is 0.276. The second kappa shape index (κ2) is 4.94. The van der Waals surface area contributed by atoms with E-state index in [-0.39, 0.29) is 0 Å². The molecular formula is C11H18N2O. The molecule has 0 aliphatic carbocycles. The number of aromatic nitrogens is 2. The van der Waals surface area contributed by atoms with Gasteiger partial charge in [-0.2, -0.15) is 0 Å². The molecule has 1 rings (SSSR count). The summed E-state index contributed by atoms with van der Waals surface area (Å²) in [5, 5.41) is 0. The Bertz CT molecular complexity index is 297. The zero-order valence-corrected chi connectivity index (χ0v) is 9.37. The van der Waals surface area contributed by atoms with Crippen LogP contribution in [0, 0.1) is 19.8 Å². The zero-order valence-electron chi connectivity index (χ0n) is 9.37. The van der Waals surface area contributed by atoms with Gasteiger partial charge in [-0.15, -0.1) is 0 Å². The molecule has 0 amide bonds. The minimum Gasteiger partial charge on any atom is -0.476 e. The molecule has 0 fully saturated rings. The first-order valence-corrected chi connectivity index (χ1v) is 5.02. The lowest BCUT2D eigenvalue weighted by Crippen LogP contribution is -2.05. The number of ether oxygens (including phenoxy) is 1. The van der Waals surface area contributed by atoms with Crippen molar-refractivity contribution >= 4 is 0 Å². The minimum atomic E-state index is 0.661. The second-order valence-electron chi connectivity index (χ2n) is 3.93. The minimum absolute atomic E-state index is 0.661. The largest absolute Gasteiger partial charge is 0.476 e. The molecule has 0 aliphatic rings. The Hall–Kier alpha value is -1.12. The van der Waals surface area contributed by atoms with E-state index in [0.29, 0.717) is 11.8 Å². The molecule has 0 N–H and O–H groups in total. The molecule has 1 heterocycles. The second-order valence-corrected chi connectivity index (χ2v) is 3.93. The third-order valence-electron chi connectivity index (χ3n) is 1.96. The highest BCUT2D eigenvalue weighted by Gasteiger charge is 2.02. The molecule has 0 unspecified atom stereocenters. The molecule has 0 radical (unpaired) electrons. The van der Waals surface area contributed by atoms with Crippen molar-refractivity contribution in [3.05, 3.63) is 17.6 Å². The van der Waals surface area contributed by atoms with Gasteiger partial charge >= 0.3 is 0 Å². The van der Waals surface area contributed by atoms with Crippen LogP contribution in [-0.2, 0) is 0 Å². The van der Waals surface area contributed by atoms with Crippen molar-refractivity contribution in [3.63, 3.8) is 0 Å². The first-order valence-electron chi connectivity index (χ1n) is 5.02. The number of hydrogen-bond donors (Lipinski definition) is 0. The van der Waals surface area contributed by atoms with E-state index >= 15 is 0 Å². The molecule has 0 saturated heterocycles. The fourth-order valence-electron chi connectivity index (χ4n) is 1.12. The molecule has 14 heavy (non-hydrogen) atoms. The summed E-state index contributed by atoms with van der Waals surface area (Å²) < 4.78 is 5.53. The van der Waals surface area contributed by atoms with Gasteiger partial charge in [-0.25, -0.2) is 4.98 Å². The topological polar surface area (TPSA) is 35.0 Å². The van der Waals surface area contributed by atoms with Crippen molar-refractivity contribution in [1.29, 1.82) is 0 Å². The molecule has 3 nitrogen and oxygen atoms in total. The summed E-state index contributed by atoms with van der Waals surface area (Å²) in [6, 6.07) is 0. The van der Waals surface area contributed by atoms with Crippen LogP contribution in [0.2, 0.25) is 0 Å². The standard InChI is InChI=1S/C11H18N2O/c1-8(2)5-6-14-11-10(4)13-9(3)7-12-11/h7-8H,5-6H2,1-4H3. The molecule has 0 aromatic carbocycles. The molecule has 1 aromatic rings. The molecule has 0 spiro atoms. The average molecular weight is 194 g/mol. The van der Waals surface area contributed by atoms with E-state index in [1.165, 1.54) is 0 Å². The van der Waals surface area contributed by atoms with Gasteiger partial charge in [0.15, 0.2) is 0 Å². The van der Waals surface area contributed by atoms with Crippen molar-refractivity contribution in [2.24, 2.45) is 5.92 Å². The predicted molar refractivity (Wildman–Crippen MR) is 56.5 cm³/mol. The molecule has 0 atom stereocenters. The maximum Gasteiger partial charge on any atom is 0.235 e. The van der Waals surface area contributed by atoms with Crippen LogP contribution in [-0.4, -0.2) is 16.6 Å². The molecule has 3 heteroatoms. The first-order chi connectivity index (χ1) is 6.59. The van der Waals surface area contributed by atoms with Crippen molar-refractivity contribution in [2.45, 2.75) is 34.1 Å². The van der Waals surface area contributed by atoms with Gasteiger partial charge in [0.25, 0.3) is 0 Å². The first kappa shape index (κ1) is 11.0. The van der Waals surface area contributed by atoms with Gasteiger partial charge in [-0.1, -0.05) is 13.8 Å². The van der Waals surface area contributed by atoms with Crippen LogP contribution in [0.4, 0.5) is 0 Å². The van der Waals surface area contributed by atoms with E-state index in [4.69, 9.17) is 4.74 Å². The fraction of sp³-hybridized carbons (Fsp3) is 0.636. The van der Waals surface area contributed by atoms with E-state index in [2.05, 4.69) is 23.8 Å². The van der Waals surface area contributed by atoms with E-state index in [1.54, 1.807) is 6.20 Å². The third-order valence-corrected chi connectivity index (χ3v) is 1.96. The van der Waals surface area contributed by atoms with Crippen LogP contribution in [0.3, 0.4) is 0 Å². The Morgan fingerprint density at radius 1 is 1.36 bits per heavy atom. The van der Waals surface area contributed by atoms with Gasteiger partial charge < -0.3 is 4.74 Å². The quantitative estimate of drug-likeness (QED) is 0.738. The van der Waals surface area contributed by atoms with E-state index in [0.717, 1.165) is 24.4 Å². The van der Waals surface area contributed by atoms with Crippen LogP contribution in [0.5, 0.6) is 5.88 Å². The summed E-state index contributed by atoms with van der Waals surface area (Å²) in [5.74, 6) is 1.32. The van der Waals surface area contributed by atoms with Crippen LogP contribution in [0.15, 0.2) is 6.20 Å². The Morgan fingerprint density at radius 2 is 2.07 bits per heavy atom. The SMILES string of the molecule is Cc1cnc(OCCC(C)C)c(C)n1. The molecular weight excluding hydrogens is 176 g/mol.